The van der Waals surface area contributed by atoms with Gasteiger partial charge in [0.15, 0.2) is 0 Å². The lowest BCUT2D eigenvalue weighted by Crippen LogP contribution is -2.22. The van der Waals surface area contributed by atoms with Crippen LogP contribution in [-0.4, -0.2) is 25.6 Å². The molecule has 8 heteroatoms. The molecule has 0 N–H and O–H groups in total. The first-order valence-electron chi connectivity index (χ1n) is 8.67. The second-order valence-electron chi connectivity index (χ2n) is 6.35. The normalized spacial score (nSPS) is 12.1. The van der Waals surface area contributed by atoms with Crippen LogP contribution in [0, 0.1) is 5.82 Å². The molecule has 0 spiro atoms. The average Bonchev–Trinajstić information content (AvgIpc) is 2.74. The molecule has 29 heavy (non-hydrogen) atoms. The van der Waals surface area contributed by atoms with Crippen molar-refractivity contribution in [1.29, 1.82) is 0 Å². The van der Waals surface area contributed by atoms with E-state index in [4.69, 9.17) is 0 Å². The van der Waals surface area contributed by atoms with Gasteiger partial charge < -0.3 is 8.86 Å². The highest BCUT2D eigenvalue weighted by Crippen LogP contribution is 2.28. The Hall–Kier alpha value is -3.36. The van der Waals surface area contributed by atoms with Gasteiger partial charge in [-0.15, -0.1) is 0 Å². The first-order chi connectivity index (χ1) is 14.0. The molecule has 4 aromatic rings. The number of benzene rings is 3. The highest BCUT2D eigenvalue weighted by Gasteiger charge is 2.14. The fourth-order valence-electron chi connectivity index (χ4n) is 3.10. The summed E-state index contributed by atoms with van der Waals surface area (Å²) >= 11 is -2.42. The van der Waals surface area contributed by atoms with Crippen molar-refractivity contribution in [2.75, 3.05) is 11.4 Å². The SMILES string of the molecule is CN(c1cccc(-c2nn(-c3ccc(F)cc3)c(=O)c3ccccc23)c1)S(=O)[O-]. The summed E-state index contributed by atoms with van der Waals surface area (Å²) in [6.45, 7) is 0. The lowest BCUT2D eigenvalue weighted by atomic mass is 10.0. The third kappa shape index (κ3) is 3.55. The van der Waals surface area contributed by atoms with Crippen LogP contribution in [-0.2, 0) is 11.3 Å². The molecule has 4 rings (SSSR count). The summed E-state index contributed by atoms with van der Waals surface area (Å²) in [5.41, 5.74) is 1.71. The maximum atomic E-state index is 13.3. The van der Waals surface area contributed by atoms with Crippen LogP contribution in [0.4, 0.5) is 10.1 Å². The fraction of sp³-hybridized carbons (Fsp3) is 0.0476. The molecule has 0 radical (unpaired) electrons. The van der Waals surface area contributed by atoms with Gasteiger partial charge in [0, 0.05) is 35.0 Å². The van der Waals surface area contributed by atoms with Crippen molar-refractivity contribution in [3.05, 3.63) is 89.0 Å². The van der Waals surface area contributed by atoms with E-state index in [1.54, 1.807) is 48.5 Å². The number of hydrogen-bond acceptors (Lipinski definition) is 4. The summed E-state index contributed by atoms with van der Waals surface area (Å²) in [7, 11) is 1.44. The van der Waals surface area contributed by atoms with E-state index in [1.807, 2.05) is 0 Å². The van der Waals surface area contributed by atoms with E-state index in [-0.39, 0.29) is 5.56 Å². The van der Waals surface area contributed by atoms with Gasteiger partial charge in [0.25, 0.3) is 5.56 Å². The van der Waals surface area contributed by atoms with Crippen LogP contribution in [0.5, 0.6) is 0 Å². The summed E-state index contributed by atoms with van der Waals surface area (Å²) < 4.78 is 38.3. The van der Waals surface area contributed by atoms with E-state index in [0.29, 0.717) is 33.4 Å². The van der Waals surface area contributed by atoms with Gasteiger partial charge in [-0.3, -0.25) is 9.00 Å². The molecule has 3 aromatic carbocycles. The van der Waals surface area contributed by atoms with Gasteiger partial charge in [-0.1, -0.05) is 30.3 Å². The van der Waals surface area contributed by atoms with Crippen molar-refractivity contribution in [2.24, 2.45) is 0 Å². The zero-order chi connectivity index (χ0) is 20.5. The van der Waals surface area contributed by atoms with Gasteiger partial charge in [-0.2, -0.15) is 9.78 Å². The van der Waals surface area contributed by atoms with Crippen LogP contribution in [0.25, 0.3) is 27.7 Å². The van der Waals surface area contributed by atoms with Crippen LogP contribution in [0.3, 0.4) is 0 Å². The summed E-state index contributed by atoms with van der Waals surface area (Å²) in [6, 6.07) is 19.4. The molecule has 146 valence electrons. The Morgan fingerprint density at radius 3 is 2.38 bits per heavy atom. The molecule has 0 saturated heterocycles. The second-order valence-corrected chi connectivity index (χ2v) is 7.33. The Bertz CT molecular complexity index is 1290. The molecule has 1 unspecified atom stereocenters. The Balaban J connectivity index is 1.99. The minimum absolute atomic E-state index is 0.329. The molecule has 0 aliphatic rings. The van der Waals surface area contributed by atoms with Gasteiger partial charge in [0.05, 0.1) is 16.8 Å². The first kappa shape index (κ1) is 19.0. The van der Waals surface area contributed by atoms with E-state index < -0.39 is 17.1 Å². The van der Waals surface area contributed by atoms with Gasteiger partial charge >= 0.3 is 0 Å². The highest BCUT2D eigenvalue weighted by molar-refractivity contribution is 7.80. The van der Waals surface area contributed by atoms with Gasteiger partial charge in [0.2, 0.25) is 0 Å². The monoisotopic (exact) mass is 408 g/mol. The third-order valence-corrected chi connectivity index (χ3v) is 5.24. The Morgan fingerprint density at radius 1 is 1.00 bits per heavy atom. The van der Waals surface area contributed by atoms with E-state index in [1.165, 1.54) is 36.0 Å². The number of anilines is 1. The highest BCUT2D eigenvalue weighted by atomic mass is 32.2. The number of fused-ring (bicyclic) bond motifs is 1. The number of hydrogen-bond donors (Lipinski definition) is 0. The van der Waals surface area contributed by atoms with Crippen molar-refractivity contribution in [2.45, 2.75) is 0 Å². The van der Waals surface area contributed by atoms with Crippen LogP contribution in [0.15, 0.2) is 77.6 Å². The zero-order valence-corrected chi connectivity index (χ0v) is 16.1. The van der Waals surface area contributed by atoms with Gasteiger partial charge in [-0.25, -0.2) is 4.39 Å². The van der Waals surface area contributed by atoms with E-state index >= 15 is 0 Å². The summed E-state index contributed by atoms with van der Waals surface area (Å²) in [4.78, 5) is 13.0. The largest absolute Gasteiger partial charge is 0.755 e. The molecule has 1 aromatic heterocycles. The second kappa shape index (κ2) is 7.57. The number of halogens is 1. The predicted molar refractivity (Wildman–Crippen MR) is 110 cm³/mol. The Morgan fingerprint density at radius 2 is 1.69 bits per heavy atom. The lowest BCUT2D eigenvalue weighted by Gasteiger charge is -2.21. The summed E-state index contributed by atoms with van der Waals surface area (Å²) in [5.74, 6) is -0.413. The van der Waals surface area contributed by atoms with Gasteiger partial charge in [-0.05, 0) is 42.5 Å². The maximum absolute atomic E-state index is 13.3. The van der Waals surface area contributed by atoms with Gasteiger partial charge in [0.1, 0.15) is 5.82 Å². The molecular weight excluding hydrogens is 393 g/mol. The zero-order valence-electron chi connectivity index (χ0n) is 15.3. The molecule has 0 bridgehead atoms. The van der Waals surface area contributed by atoms with Crippen LogP contribution in [0.1, 0.15) is 0 Å². The first-order valence-corrected chi connectivity index (χ1v) is 9.70. The molecule has 0 saturated carbocycles. The van der Waals surface area contributed by atoms with Crippen molar-refractivity contribution in [3.8, 4) is 16.9 Å². The van der Waals surface area contributed by atoms with Crippen molar-refractivity contribution in [1.82, 2.24) is 9.78 Å². The Labute approximate surface area is 168 Å². The number of nitrogens with zero attached hydrogens (tertiary/aromatic N) is 3. The third-order valence-electron chi connectivity index (χ3n) is 4.58. The molecule has 0 amide bonds. The van der Waals surface area contributed by atoms with Crippen LogP contribution < -0.4 is 9.86 Å². The molecular formula is C21H15FN3O3S-. The number of aromatic nitrogens is 2. The molecule has 0 aliphatic carbocycles. The molecule has 1 atom stereocenters. The quantitative estimate of drug-likeness (QED) is 0.485. The minimum Gasteiger partial charge on any atom is -0.755 e. The average molecular weight is 408 g/mol. The van der Waals surface area contributed by atoms with Crippen molar-refractivity contribution < 1.29 is 13.2 Å². The lowest BCUT2D eigenvalue weighted by molar-refractivity contribution is 0.535. The minimum atomic E-state index is -2.42. The van der Waals surface area contributed by atoms with Crippen LogP contribution in [0.2, 0.25) is 0 Å². The maximum Gasteiger partial charge on any atom is 0.279 e. The van der Waals surface area contributed by atoms with Crippen molar-refractivity contribution in [3.63, 3.8) is 0 Å². The summed E-state index contributed by atoms with van der Waals surface area (Å²) in [6.07, 6.45) is 0. The van der Waals surface area contributed by atoms with Crippen LogP contribution >= 0.6 is 0 Å². The topological polar surface area (TPSA) is 78.3 Å². The fourth-order valence-corrected chi connectivity index (χ4v) is 3.38. The molecule has 0 fully saturated rings. The molecule has 1 heterocycles. The molecule has 6 nitrogen and oxygen atoms in total. The predicted octanol–water partition coefficient (Wildman–Crippen LogP) is 3.42. The van der Waals surface area contributed by atoms with Crippen molar-refractivity contribution >= 4 is 27.7 Å². The standard InChI is InChI=1S/C21H16FN3O3S/c1-24(29(27)28)17-6-4-5-14(13-17)20-18-7-2-3-8-19(18)21(26)25(23-20)16-11-9-15(22)10-12-16/h2-13H,1H3,(H,27,28)/p-1. The smallest absolute Gasteiger partial charge is 0.279 e. The Kier molecular flexibility index (Phi) is 4.96. The van der Waals surface area contributed by atoms with E-state index in [9.17, 15) is 17.9 Å². The molecule has 0 aliphatic heterocycles. The summed E-state index contributed by atoms with van der Waals surface area (Å²) in [5, 5.41) is 5.61. The van der Waals surface area contributed by atoms with E-state index in [0.717, 1.165) is 4.31 Å². The van der Waals surface area contributed by atoms with E-state index in [2.05, 4.69) is 5.10 Å². The number of rotatable bonds is 4.